The summed E-state index contributed by atoms with van der Waals surface area (Å²) in [5.41, 5.74) is 49.8. The van der Waals surface area contributed by atoms with Gasteiger partial charge in [0.1, 0.15) is 114 Å². The Morgan fingerprint density at radius 2 is 0.757 bits per heavy atom. The van der Waals surface area contributed by atoms with Crippen molar-refractivity contribution in [1.29, 1.82) is 26.3 Å². The molecular formula is C99H99BrCl3F5N28O2Si2. The third kappa shape index (κ3) is 31.4. The number of azide groups is 1. The molecule has 13 rings (SSSR count). The van der Waals surface area contributed by atoms with E-state index in [1.54, 1.807) is 130 Å². The van der Waals surface area contributed by atoms with Crippen molar-refractivity contribution in [2.24, 2.45) is 5.11 Å². The number of hydrogen-bond acceptors (Lipinski definition) is 27. The number of pyridine rings is 2. The van der Waals surface area contributed by atoms with E-state index >= 15 is 0 Å². The molecule has 140 heavy (non-hydrogen) atoms. The number of nitrogens with two attached hydrogens (primary N) is 5. The van der Waals surface area contributed by atoms with Crippen molar-refractivity contribution in [2.75, 3.05) is 28.7 Å². The van der Waals surface area contributed by atoms with Gasteiger partial charge in [-0.15, -0.1) is 29.0 Å². The second kappa shape index (κ2) is 52.3. The van der Waals surface area contributed by atoms with Crippen molar-refractivity contribution in [2.45, 2.75) is 168 Å². The largest absolute Gasteiger partial charge is 0.384 e. The number of rotatable bonds is 17. The first-order valence-corrected chi connectivity index (χ1v) is 49.0. The van der Waals surface area contributed by atoms with Crippen LogP contribution in [0, 0.1) is 122 Å². The van der Waals surface area contributed by atoms with E-state index in [4.69, 9.17) is 108 Å². The maximum absolute atomic E-state index is 14.6. The molecule has 0 aliphatic rings. The number of nitrogens with zero attached hydrogens (tertiary/aromatic N) is 23. The molecule has 0 atom stereocenters. The van der Waals surface area contributed by atoms with Gasteiger partial charge < -0.3 is 38.9 Å². The summed E-state index contributed by atoms with van der Waals surface area (Å²) >= 11 is 19.5. The van der Waals surface area contributed by atoms with Gasteiger partial charge >= 0.3 is 0 Å². The maximum Gasteiger partial charge on any atom is 0.222 e. The Bertz CT molecular complexity index is 6900. The molecule has 8 aromatic heterocycles. The highest BCUT2D eigenvalue weighted by Gasteiger charge is 2.43. The quantitative estimate of drug-likeness (QED) is 0.00846. The van der Waals surface area contributed by atoms with Crippen LogP contribution in [-0.4, -0.2) is 101 Å². The standard InChI is InChI=1S/C22H19FN8O.C22H27FN4Si.C13H7FN4.C11H6ClFN4.C11H22Si.C9H12N4O.C7H3BrFN.C4H3Cl2N3/c1-22(2,32)19-8-4-6-14(26-19)11-31-12-18(29-30-31)17-9-16(27-21(25)28-17)15-7-3-5-13(10-24)20(15)23;1-14(2)28(15(3)4,16(5)6)11-10-18-12-20(27-22(25)26-18)19-9-7-8-17(13-24)21(19)23;1-2-9-6-11(18-13(16)17-9)10-5-3-4-8(7-15)12(10)14;12-9-4-8(16-11(15)17-9)7-3-1-2-6(5-14)10(7)13;1-8-12(9(2)3,10(4)5)11(6)7;1-9(2,14)8-5-3-4-7(12-8)6-11-13-10;8-6-3-1-2-5(4-10)7(6)9;5-2-1-3(6)9-4(7)8-2/h3-9,12,32H,11H2,1-2H3,(H2,25,27,28);7-9,12,14-16H,1-6H3,(H2,25,26,27);1,3-6H,(H2,16,17,18);1-4H,(H2,15,16,17);1,9-11H,2-7H3;3-5,14H,6H2,1-2H3;1-3H;1H,(H2,7,8,9). The smallest absolute Gasteiger partial charge is 0.222 e. The minimum atomic E-state index is -1.93. The van der Waals surface area contributed by atoms with Crippen LogP contribution in [0.15, 0.2) is 174 Å². The van der Waals surface area contributed by atoms with Crippen molar-refractivity contribution in [1.82, 2.24) is 74.8 Å². The van der Waals surface area contributed by atoms with Gasteiger partial charge in [-0.25, -0.2) is 76.5 Å². The number of terminal acetylenes is 2. The molecule has 12 N–H and O–H groups in total. The van der Waals surface area contributed by atoms with Crippen LogP contribution in [0.4, 0.5) is 51.7 Å². The fourth-order valence-electron chi connectivity index (χ4n) is 14.6. The van der Waals surface area contributed by atoms with Gasteiger partial charge in [0.2, 0.25) is 29.7 Å². The Hall–Kier alpha value is -15.3. The van der Waals surface area contributed by atoms with Crippen molar-refractivity contribution in [3.63, 3.8) is 0 Å². The molecule has 0 bridgehead atoms. The summed E-state index contributed by atoms with van der Waals surface area (Å²) < 4.78 is 71.6. The summed E-state index contributed by atoms with van der Waals surface area (Å²) in [6, 6.07) is 49.5. The van der Waals surface area contributed by atoms with E-state index in [0.29, 0.717) is 89.8 Å². The van der Waals surface area contributed by atoms with Gasteiger partial charge in [0.05, 0.1) is 97.1 Å². The minimum Gasteiger partial charge on any atom is -0.384 e. The number of aromatic nitrogens is 15. The van der Waals surface area contributed by atoms with Gasteiger partial charge in [-0.05, 0) is 186 Å². The van der Waals surface area contributed by atoms with Crippen LogP contribution in [0.3, 0.4) is 0 Å². The molecule has 0 aliphatic heterocycles. The van der Waals surface area contributed by atoms with Crippen LogP contribution in [0.25, 0.3) is 66.9 Å². The Balaban J connectivity index is 0.000000254. The number of hydrogen-bond donors (Lipinski definition) is 7. The Kier molecular flexibility index (Phi) is 42.4. The zero-order valence-corrected chi connectivity index (χ0v) is 84.9. The third-order valence-corrected chi connectivity index (χ3v) is 34.8. The molecule has 0 fully saturated rings. The lowest BCUT2D eigenvalue weighted by molar-refractivity contribution is 0.0731. The number of nitriles is 5. The molecular weight excluding hydrogens is 1950 g/mol. The van der Waals surface area contributed by atoms with Crippen molar-refractivity contribution in [3.05, 3.63) is 285 Å². The molecule has 0 unspecified atom stereocenters. The second-order valence-electron chi connectivity index (χ2n) is 33.3. The number of benzene rings is 5. The third-order valence-electron chi connectivity index (χ3n) is 21.1. The van der Waals surface area contributed by atoms with E-state index in [2.05, 4.69) is 202 Å². The van der Waals surface area contributed by atoms with E-state index < -0.39 is 56.4 Å². The highest BCUT2D eigenvalue weighted by molar-refractivity contribution is 9.10. The van der Waals surface area contributed by atoms with Crippen molar-refractivity contribution >= 4 is 96.6 Å². The normalized spacial score (nSPS) is 10.7. The average molecular weight is 2050 g/mol. The van der Waals surface area contributed by atoms with Gasteiger partial charge in [0.25, 0.3) is 0 Å². The van der Waals surface area contributed by atoms with E-state index in [1.165, 1.54) is 72.8 Å². The Morgan fingerprint density at radius 3 is 1.11 bits per heavy atom. The fourth-order valence-corrected chi connectivity index (χ4v) is 25.8. The lowest BCUT2D eigenvalue weighted by Gasteiger charge is -2.38. The van der Waals surface area contributed by atoms with Gasteiger partial charge in [-0.3, -0.25) is 9.97 Å². The van der Waals surface area contributed by atoms with Crippen LogP contribution in [0.5, 0.6) is 0 Å². The van der Waals surface area contributed by atoms with Gasteiger partial charge in [-0.2, -0.15) is 26.3 Å². The number of nitrogen functional groups attached to an aromatic ring is 5. The molecule has 5 aromatic carbocycles. The molecule has 0 saturated heterocycles. The van der Waals surface area contributed by atoms with E-state index in [-0.39, 0.29) is 125 Å². The first kappa shape index (κ1) is 113. The van der Waals surface area contributed by atoms with Crippen LogP contribution >= 0.6 is 50.7 Å². The summed E-state index contributed by atoms with van der Waals surface area (Å²) in [5.74, 6) is 2.42. The summed E-state index contributed by atoms with van der Waals surface area (Å²) in [7, 11) is -3.40. The zero-order valence-electron chi connectivity index (χ0n) is 79.1. The number of anilines is 5. The fraction of sp³-hybridized carbons (Fsp3) is 0.263. The molecule has 41 heteroatoms. The molecule has 0 spiro atoms. The molecule has 0 amide bonds. The molecule has 0 saturated carbocycles. The summed E-state index contributed by atoms with van der Waals surface area (Å²) in [5, 5.41) is 76.1. The van der Waals surface area contributed by atoms with Crippen LogP contribution in [-0.2, 0) is 24.3 Å². The Labute approximate surface area is 834 Å². The molecule has 0 radical (unpaired) electrons. The zero-order chi connectivity index (χ0) is 104. The predicted molar refractivity (Wildman–Crippen MR) is 542 cm³/mol. The minimum absolute atomic E-state index is 0.0341. The number of halogens is 9. The topological polar surface area (TPSA) is 524 Å². The lowest BCUT2D eigenvalue weighted by atomic mass is 10.0. The molecule has 8 heterocycles. The van der Waals surface area contributed by atoms with E-state index in [1.807, 2.05) is 24.3 Å². The van der Waals surface area contributed by atoms with E-state index in [0.717, 1.165) is 0 Å². The first-order valence-electron chi connectivity index (χ1n) is 42.6. The van der Waals surface area contributed by atoms with Gasteiger partial charge in [0.15, 0.2) is 5.82 Å². The molecule has 13 aromatic rings. The van der Waals surface area contributed by atoms with Crippen LogP contribution in [0.1, 0.15) is 173 Å². The first-order chi connectivity index (χ1) is 66.0. The highest BCUT2D eigenvalue weighted by atomic mass is 79.9. The monoisotopic (exact) mass is 2050 g/mol. The SMILES string of the molecule is C#C[Si](C(C)C)(C(C)C)C(C)C.C#Cc1cc(-c2cccc(C#N)c2F)nc(N)n1.CC(C)(O)c1cccc(CN=[N+]=[N-])n1.CC(C)(O)c1cccc(Cn2cc(-c3cc(-c4cccc(C#N)c4F)nc(N)n3)nn2)n1.CC(C)[Si](C#Cc1cc(-c2cccc(C#N)c2F)nc(N)n1)(C(C)C)C(C)C.N#Cc1cccc(-c2cc(Cl)nc(N)n2)c1F.N#Cc1cccc(Br)c1F.Nc1nc(Cl)cc(Cl)n1. The van der Waals surface area contributed by atoms with Crippen molar-refractivity contribution in [3.8, 4) is 123 Å². The predicted octanol–water partition coefficient (Wildman–Crippen LogP) is 21.9. The van der Waals surface area contributed by atoms with Crippen LogP contribution in [0.2, 0.25) is 48.7 Å². The van der Waals surface area contributed by atoms with Gasteiger partial charge in [0, 0.05) is 45.0 Å². The maximum atomic E-state index is 14.6. The van der Waals surface area contributed by atoms with Gasteiger partial charge in [-0.1, -0.05) is 183 Å². The highest BCUT2D eigenvalue weighted by Crippen LogP contribution is 2.43. The second-order valence-corrected chi connectivity index (χ2v) is 46.5. The van der Waals surface area contributed by atoms with Crippen molar-refractivity contribution < 1.29 is 32.2 Å². The summed E-state index contributed by atoms with van der Waals surface area (Å²) in [4.78, 5) is 50.4. The molecule has 30 nitrogen and oxygen atoms in total. The lowest BCUT2D eigenvalue weighted by Crippen LogP contribution is -2.43. The summed E-state index contributed by atoms with van der Waals surface area (Å²) in [6.45, 7) is 34.3. The van der Waals surface area contributed by atoms with E-state index in [9.17, 15) is 32.2 Å². The van der Waals surface area contributed by atoms with Crippen LogP contribution < -0.4 is 28.7 Å². The average Bonchev–Trinajstić information content (AvgIpc) is 1.64. The Morgan fingerprint density at radius 1 is 0.429 bits per heavy atom. The number of aliphatic hydroxyl groups is 2. The molecule has 718 valence electrons. The molecule has 0 aliphatic carbocycles. The summed E-state index contributed by atoms with van der Waals surface area (Å²) in [6.07, 6.45) is 12.6.